The number of nitrogens with one attached hydrogen (secondary N) is 1. The molecule has 3 N–H and O–H groups in total. The van der Waals surface area contributed by atoms with E-state index in [2.05, 4.69) is 10.3 Å². The average Bonchev–Trinajstić information content (AvgIpc) is 2.36. The summed E-state index contributed by atoms with van der Waals surface area (Å²) in [6.45, 7) is 5.27. The summed E-state index contributed by atoms with van der Waals surface area (Å²) in [7, 11) is 0. The largest absolute Gasteiger partial charge is 0.416 e. The van der Waals surface area contributed by atoms with E-state index in [0.29, 0.717) is 31.4 Å². The number of hydrogen-bond donors (Lipinski definition) is 2. The molecule has 1 aromatic rings. The summed E-state index contributed by atoms with van der Waals surface area (Å²) in [6, 6.07) is 5.13. The molecule has 0 aliphatic heterocycles. The summed E-state index contributed by atoms with van der Waals surface area (Å²) in [5.41, 5.74) is 5.85. The Labute approximate surface area is 117 Å². The van der Waals surface area contributed by atoms with Crippen molar-refractivity contribution in [2.45, 2.75) is 26.4 Å². The highest BCUT2D eigenvalue weighted by atomic mass is 19.4. The van der Waals surface area contributed by atoms with Gasteiger partial charge in [0.05, 0.1) is 5.56 Å². The number of nitrogens with two attached hydrogens (primary N) is 1. The van der Waals surface area contributed by atoms with Crippen LogP contribution in [0.3, 0.4) is 0 Å². The molecule has 0 radical (unpaired) electrons. The molecule has 0 aromatic heterocycles. The van der Waals surface area contributed by atoms with Crippen LogP contribution < -0.4 is 11.1 Å². The highest BCUT2D eigenvalue weighted by Crippen LogP contribution is 2.29. The van der Waals surface area contributed by atoms with Crippen LogP contribution in [0.2, 0.25) is 0 Å². The summed E-state index contributed by atoms with van der Waals surface area (Å²) in [5.74, 6) is 0.802. The Bertz CT molecular complexity index is 436. The number of hydrogen-bond acceptors (Lipinski definition) is 1. The maximum absolute atomic E-state index is 12.4. The first kappa shape index (κ1) is 16.3. The van der Waals surface area contributed by atoms with Crippen molar-refractivity contribution in [3.05, 3.63) is 35.4 Å². The number of benzene rings is 1. The average molecular weight is 287 g/mol. The maximum atomic E-state index is 12.4. The molecule has 6 heteroatoms. The predicted molar refractivity (Wildman–Crippen MR) is 74.5 cm³/mol. The second-order valence-electron chi connectivity index (χ2n) is 4.99. The number of guanidine groups is 1. The molecule has 0 heterocycles. The van der Waals surface area contributed by atoms with Crippen molar-refractivity contribution in [3.63, 3.8) is 0 Å². The van der Waals surface area contributed by atoms with E-state index in [4.69, 9.17) is 5.73 Å². The van der Waals surface area contributed by atoms with E-state index in [0.717, 1.165) is 17.7 Å². The monoisotopic (exact) mass is 287 g/mol. The molecular formula is C14H20F3N3. The smallest absolute Gasteiger partial charge is 0.370 e. The van der Waals surface area contributed by atoms with Crippen LogP contribution in [0.25, 0.3) is 0 Å². The molecular weight excluding hydrogens is 267 g/mol. The van der Waals surface area contributed by atoms with Gasteiger partial charge >= 0.3 is 6.18 Å². The number of halogens is 3. The lowest BCUT2D eigenvalue weighted by Crippen LogP contribution is -2.33. The maximum Gasteiger partial charge on any atom is 0.416 e. The first-order valence-corrected chi connectivity index (χ1v) is 6.49. The molecule has 0 aliphatic carbocycles. The van der Waals surface area contributed by atoms with Crippen molar-refractivity contribution >= 4 is 5.96 Å². The van der Waals surface area contributed by atoms with Gasteiger partial charge in [-0.25, -0.2) is 0 Å². The number of aliphatic imine (C=N–C) groups is 1. The zero-order valence-electron chi connectivity index (χ0n) is 11.7. The van der Waals surface area contributed by atoms with Crippen molar-refractivity contribution in [1.29, 1.82) is 0 Å². The highest BCUT2D eigenvalue weighted by molar-refractivity contribution is 5.77. The Morgan fingerprint density at radius 3 is 2.35 bits per heavy atom. The third kappa shape index (κ3) is 5.95. The number of nitrogens with zero attached hydrogens (tertiary/aromatic N) is 1. The third-order valence-electron chi connectivity index (χ3n) is 2.63. The van der Waals surface area contributed by atoms with Crippen LogP contribution in [-0.2, 0) is 12.6 Å². The van der Waals surface area contributed by atoms with E-state index >= 15 is 0 Å². The lowest BCUT2D eigenvalue weighted by molar-refractivity contribution is -0.137. The molecule has 0 spiro atoms. The van der Waals surface area contributed by atoms with Crippen LogP contribution in [0.1, 0.15) is 25.0 Å². The van der Waals surface area contributed by atoms with Gasteiger partial charge < -0.3 is 11.1 Å². The first-order chi connectivity index (χ1) is 9.29. The Balaban J connectivity index is 2.41. The van der Waals surface area contributed by atoms with Crippen molar-refractivity contribution < 1.29 is 13.2 Å². The van der Waals surface area contributed by atoms with Gasteiger partial charge in [-0.2, -0.15) is 13.2 Å². The Kier molecular flexibility index (Phi) is 5.85. The van der Waals surface area contributed by atoms with Crippen molar-refractivity contribution in [3.8, 4) is 0 Å². The van der Waals surface area contributed by atoms with Crippen LogP contribution in [0, 0.1) is 5.92 Å². The Morgan fingerprint density at radius 1 is 1.25 bits per heavy atom. The first-order valence-electron chi connectivity index (χ1n) is 6.49. The Hall–Kier alpha value is -1.72. The summed E-state index contributed by atoms with van der Waals surface area (Å²) in [4.78, 5) is 4.14. The summed E-state index contributed by atoms with van der Waals surface area (Å²) >= 11 is 0. The number of rotatable bonds is 5. The SMILES string of the molecule is CC(C)CN=C(N)NCCc1ccc(C(F)(F)F)cc1. The van der Waals surface area contributed by atoms with Gasteiger partial charge in [0.1, 0.15) is 0 Å². The van der Waals surface area contributed by atoms with E-state index in [1.807, 2.05) is 13.8 Å². The van der Waals surface area contributed by atoms with Crippen LogP contribution in [0.5, 0.6) is 0 Å². The van der Waals surface area contributed by atoms with Crippen molar-refractivity contribution in [2.75, 3.05) is 13.1 Å². The van der Waals surface area contributed by atoms with Gasteiger partial charge in [-0.15, -0.1) is 0 Å². The van der Waals surface area contributed by atoms with Gasteiger partial charge in [0.2, 0.25) is 0 Å². The zero-order chi connectivity index (χ0) is 15.2. The molecule has 0 saturated carbocycles. The lowest BCUT2D eigenvalue weighted by Gasteiger charge is -2.09. The summed E-state index contributed by atoms with van der Waals surface area (Å²) < 4.78 is 37.1. The van der Waals surface area contributed by atoms with Gasteiger partial charge in [0.15, 0.2) is 5.96 Å². The number of alkyl halides is 3. The predicted octanol–water partition coefficient (Wildman–Crippen LogP) is 2.81. The molecule has 1 aromatic carbocycles. The fourth-order valence-corrected chi connectivity index (χ4v) is 1.53. The minimum absolute atomic E-state index is 0.366. The molecule has 3 nitrogen and oxygen atoms in total. The van der Waals surface area contributed by atoms with Crippen LogP contribution in [0.4, 0.5) is 13.2 Å². The van der Waals surface area contributed by atoms with Gasteiger partial charge in [0.25, 0.3) is 0 Å². The second-order valence-corrected chi connectivity index (χ2v) is 4.99. The molecule has 0 fully saturated rings. The quantitative estimate of drug-likeness (QED) is 0.646. The molecule has 0 unspecified atom stereocenters. The van der Waals surface area contributed by atoms with E-state index in [1.54, 1.807) is 0 Å². The molecule has 0 bridgehead atoms. The fourth-order valence-electron chi connectivity index (χ4n) is 1.53. The van der Waals surface area contributed by atoms with Crippen LogP contribution in [-0.4, -0.2) is 19.0 Å². The fraction of sp³-hybridized carbons (Fsp3) is 0.500. The summed E-state index contributed by atoms with van der Waals surface area (Å²) in [5, 5.41) is 2.94. The molecule has 1 rings (SSSR count). The van der Waals surface area contributed by atoms with Gasteiger partial charge in [-0.1, -0.05) is 26.0 Å². The van der Waals surface area contributed by atoms with Crippen molar-refractivity contribution in [1.82, 2.24) is 5.32 Å². The summed E-state index contributed by atoms with van der Waals surface area (Å²) in [6.07, 6.45) is -3.69. The lowest BCUT2D eigenvalue weighted by atomic mass is 10.1. The molecule has 0 saturated heterocycles. The Morgan fingerprint density at radius 2 is 1.85 bits per heavy atom. The normalized spacial score (nSPS) is 12.8. The minimum Gasteiger partial charge on any atom is -0.370 e. The van der Waals surface area contributed by atoms with E-state index in [9.17, 15) is 13.2 Å². The van der Waals surface area contributed by atoms with Crippen LogP contribution >= 0.6 is 0 Å². The molecule has 20 heavy (non-hydrogen) atoms. The van der Waals surface area contributed by atoms with E-state index in [1.165, 1.54) is 12.1 Å². The molecule has 0 atom stereocenters. The van der Waals surface area contributed by atoms with Gasteiger partial charge in [0, 0.05) is 13.1 Å². The zero-order valence-corrected chi connectivity index (χ0v) is 11.7. The molecule has 0 aliphatic rings. The standard InChI is InChI=1S/C14H20F3N3/c1-10(2)9-20-13(18)19-8-7-11-3-5-12(6-4-11)14(15,16)17/h3-6,10H,7-9H2,1-2H3,(H3,18,19,20). The third-order valence-corrected chi connectivity index (χ3v) is 2.63. The topological polar surface area (TPSA) is 50.4 Å². The van der Waals surface area contributed by atoms with E-state index in [-0.39, 0.29) is 0 Å². The minimum atomic E-state index is -4.29. The van der Waals surface area contributed by atoms with Crippen LogP contribution in [0.15, 0.2) is 29.3 Å². The van der Waals surface area contributed by atoms with Crippen molar-refractivity contribution in [2.24, 2.45) is 16.6 Å². The van der Waals surface area contributed by atoms with Gasteiger partial charge in [-0.3, -0.25) is 4.99 Å². The second kappa shape index (κ2) is 7.17. The van der Waals surface area contributed by atoms with Gasteiger partial charge in [-0.05, 0) is 30.0 Å². The highest BCUT2D eigenvalue weighted by Gasteiger charge is 2.29. The molecule has 0 amide bonds. The van der Waals surface area contributed by atoms with E-state index < -0.39 is 11.7 Å². The molecule has 112 valence electrons.